The largest absolute Gasteiger partial charge is 0.378 e. The van der Waals surface area contributed by atoms with E-state index in [1.165, 1.54) is 23.0 Å². The molecule has 1 aromatic rings. The Balaban J connectivity index is 2.10. The molecule has 94 valence electrons. The van der Waals surface area contributed by atoms with Gasteiger partial charge in [0.1, 0.15) is 5.84 Å². The number of aliphatic imine (C=N–C) groups is 1. The van der Waals surface area contributed by atoms with E-state index in [0.29, 0.717) is 5.17 Å². The van der Waals surface area contributed by atoms with Crippen molar-refractivity contribution in [3.63, 3.8) is 0 Å². The Morgan fingerprint density at radius 2 is 2.22 bits per heavy atom. The number of nitrogens with zero attached hydrogens (tertiary/aromatic N) is 3. The first-order valence-electron chi connectivity index (χ1n) is 6.07. The van der Waals surface area contributed by atoms with E-state index in [1.54, 1.807) is 0 Å². The minimum Gasteiger partial charge on any atom is -0.378 e. The molecule has 3 rings (SSSR count). The van der Waals surface area contributed by atoms with Crippen molar-refractivity contribution in [1.82, 2.24) is 4.90 Å². The first-order valence-corrected chi connectivity index (χ1v) is 6.88. The third-order valence-corrected chi connectivity index (χ3v) is 4.20. The standard InChI is InChI=1S/C13H16N4S/c1-16(2)9-4-5-10-11(8-9)18-13(14)17-7-3-6-15-12(10)17/h4-5,8,14H,3,6-7H2,1-2H3. The summed E-state index contributed by atoms with van der Waals surface area (Å²) in [7, 11) is 4.07. The third-order valence-electron chi connectivity index (χ3n) is 3.23. The normalized spacial score (nSPS) is 18.0. The molecular weight excluding hydrogens is 244 g/mol. The quantitative estimate of drug-likeness (QED) is 0.842. The Kier molecular flexibility index (Phi) is 2.78. The minimum absolute atomic E-state index is 0.594. The van der Waals surface area contributed by atoms with Crippen molar-refractivity contribution in [2.24, 2.45) is 4.99 Å². The maximum atomic E-state index is 8.12. The van der Waals surface area contributed by atoms with Crippen LogP contribution in [0.15, 0.2) is 28.1 Å². The van der Waals surface area contributed by atoms with Crippen LogP contribution in [0.1, 0.15) is 12.0 Å². The number of rotatable bonds is 1. The molecule has 2 aliphatic rings. The monoisotopic (exact) mass is 260 g/mol. The summed E-state index contributed by atoms with van der Waals surface area (Å²) in [6.45, 7) is 1.79. The molecular formula is C13H16N4S. The predicted octanol–water partition coefficient (Wildman–Crippen LogP) is 2.25. The zero-order chi connectivity index (χ0) is 12.7. The van der Waals surface area contributed by atoms with Gasteiger partial charge in [-0.05, 0) is 24.6 Å². The average Bonchev–Trinajstić information content (AvgIpc) is 2.38. The number of hydrogen-bond donors (Lipinski definition) is 1. The van der Waals surface area contributed by atoms with Crippen LogP contribution in [-0.2, 0) is 0 Å². The number of nitrogens with one attached hydrogen (secondary N) is 1. The van der Waals surface area contributed by atoms with Crippen molar-refractivity contribution in [3.8, 4) is 0 Å². The Morgan fingerprint density at radius 1 is 1.39 bits per heavy atom. The van der Waals surface area contributed by atoms with Gasteiger partial charge < -0.3 is 9.80 Å². The van der Waals surface area contributed by atoms with Crippen LogP contribution in [0.3, 0.4) is 0 Å². The van der Waals surface area contributed by atoms with Gasteiger partial charge in [-0.2, -0.15) is 0 Å². The summed E-state index contributed by atoms with van der Waals surface area (Å²) in [5, 5.41) is 8.71. The van der Waals surface area contributed by atoms with Gasteiger partial charge in [-0.1, -0.05) is 11.8 Å². The van der Waals surface area contributed by atoms with Crippen molar-refractivity contribution in [2.45, 2.75) is 11.3 Å². The van der Waals surface area contributed by atoms with E-state index >= 15 is 0 Å². The highest BCUT2D eigenvalue weighted by Crippen LogP contribution is 2.35. The van der Waals surface area contributed by atoms with Crippen LogP contribution in [0.5, 0.6) is 0 Å². The molecule has 1 N–H and O–H groups in total. The minimum atomic E-state index is 0.594. The fraction of sp³-hybridized carbons (Fsp3) is 0.385. The second kappa shape index (κ2) is 4.31. The lowest BCUT2D eigenvalue weighted by molar-refractivity contribution is 0.552. The molecule has 0 saturated heterocycles. The first-order chi connectivity index (χ1) is 8.66. The number of amidine groups is 2. The lowest BCUT2D eigenvalue weighted by Crippen LogP contribution is -2.42. The smallest absolute Gasteiger partial charge is 0.166 e. The van der Waals surface area contributed by atoms with Gasteiger partial charge in [0, 0.05) is 43.3 Å². The fourth-order valence-electron chi connectivity index (χ4n) is 2.25. The van der Waals surface area contributed by atoms with E-state index in [0.717, 1.165) is 30.2 Å². The van der Waals surface area contributed by atoms with Gasteiger partial charge in [-0.25, -0.2) is 0 Å². The van der Waals surface area contributed by atoms with E-state index in [-0.39, 0.29) is 0 Å². The van der Waals surface area contributed by atoms with Crippen LogP contribution in [0.4, 0.5) is 5.69 Å². The summed E-state index contributed by atoms with van der Waals surface area (Å²) in [6, 6.07) is 6.38. The molecule has 0 aliphatic carbocycles. The van der Waals surface area contributed by atoms with E-state index in [9.17, 15) is 0 Å². The van der Waals surface area contributed by atoms with Gasteiger partial charge in [-0.15, -0.1) is 0 Å². The molecule has 0 fully saturated rings. The molecule has 0 amide bonds. The molecule has 0 bridgehead atoms. The second-order valence-corrected chi connectivity index (χ2v) is 5.72. The van der Waals surface area contributed by atoms with Crippen LogP contribution in [-0.4, -0.2) is 43.1 Å². The van der Waals surface area contributed by atoms with Gasteiger partial charge in [0.05, 0.1) is 0 Å². The molecule has 0 atom stereocenters. The summed E-state index contributed by atoms with van der Waals surface area (Å²) in [5.41, 5.74) is 2.33. The predicted molar refractivity (Wildman–Crippen MR) is 77.1 cm³/mol. The number of fused-ring (bicyclic) bond motifs is 3. The van der Waals surface area contributed by atoms with Crippen LogP contribution in [0.2, 0.25) is 0 Å². The molecule has 1 aromatic carbocycles. The van der Waals surface area contributed by atoms with Crippen molar-refractivity contribution in [1.29, 1.82) is 5.41 Å². The van der Waals surface area contributed by atoms with Crippen molar-refractivity contribution < 1.29 is 0 Å². The van der Waals surface area contributed by atoms with E-state index < -0.39 is 0 Å². The number of benzene rings is 1. The lowest BCUT2D eigenvalue weighted by Gasteiger charge is -2.34. The van der Waals surface area contributed by atoms with Crippen LogP contribution in [0, 0.1) is 5.41 Å². The average molecular weight is 260 g/mol. The molecule has 4 nitrogen and oxygen atoms in total. The number of thioether (sulfide) groups is 1. The summed E-state index contributed by atoms with van der Waals surface area (Å²) in [4.78, 5) is 9.84. The molecule has 2 aliphatic heterocycles. The molecule has 5 heteroatoms. The summed E-state index contributed by atoms with van der Waals surface area (Å²) in [6.07, 6.45) is 1.04. The maximum Gasteiger partial charge on any atom is 0.166 e. The fourth-order valence-corrected chi connectivity index (χ4v) is 3.20. The first kappa shape index (κ1) is 11.6. The molecule has 0 spiro atoms. The summed E-state index contributed by atoms with van der Waals surface area (Å²) < 4.78 is 0. The highest BCUT2D eigenvalue weighted by atomic mass is 32.2. The summed E-state index contributed by atoms with van der Waals surface area (Å²) >= 11 is 1.53. The van der Waals surface area contributed by atoms with Crippen LogP contribution < -0.4 is 4.90 Å². The van der Waals surface area contributed by atoms with Crippen molar-refractivity contribution in [3.05, 3.63) is 23.8 Å². The Morgan fingerprint density at radius 3 is 3.00 bits per heavy atom. The third kappa shape index (κ3) is 1.79. The zero-order valence-electron chi connectivity index (χ0n) is 10.6. The lowest BCUT2D eigenvalue weighted by atomic mass is 10.1. The van der Waals surface area contributed by atoms with Gasteiger partial charge in [0.2, 0.25) is 0 Å². The zero-order valence-corrected chi connectivity index (χ0v) is 11.4. The van der Waals surface area contributed by atoms with E-state index in [4.69, 9.17) is 5.41 Å². The summed E-state index contributed by atoms with van der Waals surface area (Å²) in [5.74, 6) is 0.977. The number of hydrogen-bond acceptors (Lipinski definition) is 4. The highest BCUT2D eigenvalue weighted by Gasteiger charge is 2.29. The molecule has 0 saturated carbocycles. The van der Waals surface area contributed by atoms with Crippen molar-refractivity contribution >= 4 is 28.5 Å². The molecule has 18 heavy (non-hydrogen) atoms. The Labute approximate surface area is 111 Å². The topological polar surface area (TPSA) is 42.7 Å². The Bertz CT molecular complexity index is 536. The second-order valence-electron chi connectivity index (χ2n) is 4.69. The highest BCUT2D eigenvalue weighted by molar-refractivity contribution is 8.14. The Hall–Kier alpha value is -1.49. The van der Waals surface area contributed by atoms with Crippen LogP contribution >= 0.6 is 11.8 Å². The maximum absolute atomic E-state index is 8.12. The number of anilines is 1. The molecule has 0 unspecified atom stereocenters. The SMILES string of the molecule is CN(C)c1ccc2c(c1)SC(=N)N1CCCN=C21. The van der Waals surface area contributed by atoms with E-state index in [2.05, 4.69) is 28.1 Å². The van der Waals surface area contributed by atoms with Crippen LogP contribution in [0.25, 0.3) is 0 Å². The van der Waals surface area contributed by atoms with Crippen molar-refractivity contribution in [2.75, 3.05) is 32.1 Å². The van der Waals surface area contributed by atoms with E-state index in [1.807, 2.05) is 19.0 Å². The van der Waals surface area contributed by atoms with Gasteiger partial charge in [0.15, 0.2) is 5.17 Å². The van der Waals surface area contributed by atoms with Gasteiger partial charge >= 0.3 is 0 Å². The van der Waals surface area contributed by atoms with Gasteiger partial charge in [0.25, 0.3) is 0 Å². The molecule has 0 radical (unpaired) electrons. The molecule has 2 heterocycles. The van der Waals surface area contributed by atoms with Gasteiger partial charge in [-0.3, -0.25) is 10.4 Å². The molecule has 0 aromatic heterocycles.